The van der Waals surface area contributed by atoms with Crippen molar-refractivity contribution in [2.24, 2.45) is 0 Å². The molecule has 1 aliphatic heterocycles. The van der Waals surface area contributed by atoms with E-state index in [4.69, 9.17) is 16.6 Å². The number of likely N-dealkylation sites (tertiary alicyclic amines) is 1. The number of para-hydroxylation sites is 2. The average Bonchev–Trinajstić information content (AvgIpc) is 3.07. The molecule has 4 rings (SSSR count). The van der Waals surface area contributed by atoms with Gasteiger partial charge in [-0.25, -0.2) is 9.97 Å². The number of halogens is 1. The van der Waals surface area contributed by atoms with Crippen LogP contribution in [0.15, 0.2) is 42.6 Å². The molecule has 0 aliphatic carbocycles. The van der Waals surface area contributed by atoms with Crippen LogP contribution in [-0.4, -0.2) is 45.6 Å². The van der Waals surface area contributed by atoms with Crippen molar-refractivity contribution < 1.29 is 0 Å². The highest BCUT2D eigenvalue weighted by atomic mass is 35.5. The number of aromatic nitrogens is 3. The molecule has 0 bridgehead atoms. The van der Waals surface area contributed by atoms with Crippen LogP contribution in [0.3, 0.4) is 0 Å². The van der Waals surface area contributed by atoms with E-state index >= 15 is 0 Å². The first-order chi connectivity index (χ1) is 13.7. The van der Waals surface area contributed by atoms with Crippen molar-refractivity contribution in [3.05, 3.63) is 59.1 Å². The summed E-state index contributed by atoms with van der Waals surface area (Å²) in [6, 6.07) is 13.1. The minimum atomic E-state index is 0.515. The summed E-state index contributed by atoms with van der Waals surface area (Å²) in [5.74, 6) is 1.21. The van der Waals surface area contributed by atoms with Gasteiger partial charge in [-0.15, -0.1) is 0 Å². The van der Waals surface area contributed by atoms with E-state index in [0.29, 0.717) is 11.2 Å². The number of likely N-dealkylation sites (N-methyl/N-ethyl adjacent to an activating group) is 1. The van der Waals surface area contributed by atoms with Crippen molar-refractivity contribution in [2.45, 2.75) is 38.8 Å². The predicted octanol–water partition coefficient (Wildman–Crippen LogP) is 4.07. The highest BCUT2D eigenvalue weighted by molar-refractivity contribution is 6.29. The third-order valence-electron chi connectivity index (χ3n) is 5.56. The minimum Gasteiger partial charge on any atom is -0.325 e. The number of fused-ring (bicyclic) bond motifs is 1. The Balaban J connectivity index is 1.47. The maximum atomic E-state index is 6.03. The molecule has 5 nitrogen and oxygen atoms in total. The van der Waals surface area contributed by atoms with Crippen molar-refractivity contribution in [3.63, 3.8) is 0 Å². The van der Waals surface area contributed by atoms with E-state index in [0.717, 1.165) is 57.5 Å². The van der Waals surface area contributed by atoms with Crippen LogP contribution in [0.25, 0.3) is 11.0 Å². The standard InChI is InChI=1S/C22H28ClN5/c1-2-24-11-8-22-26-19-5-3-4-6-20(19)28(22)18-9-13-27(14-10-18)16-17-7-12-25-21(23)15-17/h3-7,12,15,18,24H,2,8-11,13-14,16H2,1H3. The molecule has 28 heavy (non-hydrogen) atoms. The lowest BCUT2D eigenvalue weighted by molar-refractivity contribution is 0.180. The smallest absolute Gasteiger partial charge is 0.129 e. The minimum absolute atomic E-state index is 0.515. The number of pyridine rings is 1. The zero-order chi connectivity index (χ0) is 19.3. The van der Waals surface area contributed by atoms with Gasteiger partial charge in [0.05, 0.1) is 11.0 Å². The number of imidazole rings is 1. The molecule has 0 spiro atoms. The number of nitrogens with one attached hydrogen (secondary N) is 1. The summed E-state index contributed by atoms with van der Waals surface area (Å²) < 4.78 is 2.51. The third kappa shape index (κ3) is 4.37. The number of nitrogens with zero attached hydrogens (tertiary/aromatic N) is 4. The molecule has 0 atom stereocenters. The molecule has 1 aromatic carbocycles. The van der Waals surface area contributed by atoms with Crippen LogP contribution in [0, 0.1) is 0 Å². The van der Waals surface area contributed by atoms with Gasteiger partial charge in [-0.2, -0.15) is 0 Å². The summed E-state index contributed by atoms with van der Waals surface area (Å²) in [6.07, 6.45) is 5.05. The van der Waals surface area contributed by atoms with E-state index < -0.39 is 0 Å². The normalized spacial score (nSPS) is 16.1. The van der Waals surface area contributed by atoms with Gasteiger partial charge in [0, 0.05) is 44.8 Å². The fourth-order valence-electron chi connectivity index (χ4n) is 4.19. The summed E-state index contributed by atoms with van der Waals surface area (Å²) in [5.41, 5.74) is 3.62. The highest BCUT2D eigenvalue weighted by Crippen LogP contribution is 2.29. The van der Waals surface area contributed by atoms with E-state index in [1.54, 1.807) is 6.20 Å². The number of benzene rings is 1. The number of piperidine rings is 1. The molecule has 1 fully saturated rings. The van der Waals surface area contributed by atoms with Gasteiger partial charge >= 0.3 is 0 Å². The van der Waals surface area contributed by atoms with E-state index in [1.807, 2.05) is 6.07 Å². The Hall–Kier alpha value is -1.95. The van der Waals surface area contributed by atoms with Crippen LogP contribution in [0.2, 0.25) is 5.15 Å². The van der Waals surface area contributed by atoms with Crippen LogP contribution in [0.1, 0.15) is 37.2 Å². The van der Waals surface area contributed by atoms with E-state index in [-0.39, 0.29) is 0 Å². The fourth-order valence-corrected chi connectivity index (χ4v) is 4.39. The summed E-state index contributed by atoms with van der Waals surface area (Å²) in [6.45, 7) is 7.23. The van der Waals surface area contributed by atoms with E-state index in [9.17, 15) is 0 Å². The zero-order valence-corrected chi connectivity index (χ0v) is 17.2. The van der Waals surface area contributed by atoms with Crippen molar-refractivity contribution in [2.75, 3.05) is 26.2 Å². The lowest BCUT2D eigenvalue weighted by atomic mass is 10.0. The van der Waals surface area contributed by atoms with Gasteiger partial charge < -0.3 is 9.88 Å². The molecular formula is C22H28ClN5. The van der Waals surface area contributed by atoms with Crippen LogP contribution in [-0.2, 0) is 13.0 Å². The molecule has 0 saturated carbocycles. The molecule has 1 aliphatic rings. The summed E-state index contributed by atoms with van der Waals surface area (Å²) >= 11 is 6.03. The van der Waals surface area contributed by atoms with E-state index in [1.165, 1.54) is 16.9 Å². The molecule has 3 aromatic rings. The summed E-state index contributed by atoms with van der Waals surface area (Å²) in [7, 11) is 0. The van der Waals surface area contributed by atoms with Gasteiger partial charge in [0.15, 0.2) is 0 Å². The second-order valence-electron chi connectivity index (χ2n) is 7.48. The van der Waals surface area contributed by atoms with Crippen LogP contribution < -0.4 is 5.32 Å². The monoisotopic (exact) mass is 397 g/mol. The highest BCUT2D eigenvalue weighted by Gasteiger charge is 2.24. The first kappa shape index (κ1) is 19.4. The molecule has 1 saturated heterocycles. The summed E-state index contributed by atoms with van der Waals surface area (Å²) in [4.78, 5) is 11.5. The number of hydrogen-bond donors (Lipinski definition) is 1. The lowest BCUT2D eigenvalue weighted by Crippen LogP contribution is -2.34. The Bertz CT molecular complexity index is 914. The topological polar surface area (TPSA) is 46.0 Å². The lowest BCUT2D eigenvalue weighted by Gasteiger charge is -2.33. The molecule has 2 aromatic heterocycles. The Morgan fingerprint density at radius 1 is 1.18 bits per heavy atom. The zero-order valence-electron chi connectivity index (χ0n) is 16.4. The maximum Gasteiger partial charge on any atom is 0.129 e. The van der Waals surface area contributed by atoms with Gasteiger partial charge in [-0.05, 0) is 49.2 Å². The average molecular weight is 398 g/mol. The molecule has 0 radical (unpaired) electrons. The van der Waals surface area contributed by atoms with Gasteiger partial charge in [0.1, 0.15) is 11.0 Å². The Labute approximate surface area is 171 Å². The van der Waals surface area contributed by atoms with Gasteiger partial charge in [0.2, 0.25) is 0 Å². The Morgan fingerprint density at radius 2 is 2.00 bits per heavy atom. The van der Waals surface area contributed by atoms with Gasteiger partial charge in [-0.3, -0.25) is 4.90 Å². The van der Waals surface area contributed by atoms with Crippen molar-refractivity contribution in [1.29, 1.82) is 0 Å². The first-order valence-corrected chi connectivity index (χ1v) is 10.6. The van der Waals surface area contributed by atoms with Gasteiger partial charge in [0.25, 0.3) is 0 Å². The summed E-state index contributed by atoms with van der Waals surface area (Å²) in [5, 5.41) is 4.00. The third-order valence-corrected chi connectivity index (χ3v) is 5.77. The maximum absolute atomic E-state index is 6.03. The second kappa shape index (κ2) is 9.03. The number of rotatable bonds is 7. The fraction of sp³-hybridized carbons (Fsp3) is 0.455. The second-order valence-corrected chi connectivity index (χ2v) is 7.87. The van der Waals surface area contributed by atoms with Crippen molar-refractivity contribution in [3.8, 4) is 0 Å². The first-order valence-electron chi connectivity index (χ1n) is 10.2. The van der Waals surface area contributed by atoms with Crippen molar-refractivity contribution in [1.82, 2.24) is 24.8 Å². The van der Waals surface area contributed by atoms with Crippen LogP contribution in [0.5, 0.6) is 0 Å². The van der Waals surface area contributed by atoms with Gasteiger partial charge in [-0.1, -0.05) is 30.7 Å². The molecule has 0 unspecified atom stereocenters. The SMILES string of the molecule is CCNCCc1nc2ccccc2n1C1CCN(Cc2ccnc(Cl)c2)CC1. The number of hydrogen-bond acceptors (Lipinski definition) is 4. The largest absolute Gasteiger partial charge is 0.325 e. The molecular weight excluding hydrogens is 370 g/mol. The molecule has 3 heterocycles. The quantitative estimate of drug-likeness (QED) is 0.482. The molecule has 1 N–H and O–H groups in total. The predicted molar refractivity (Wildman–Crippen MR) is 115 cm³/mol. The molecule has 0 amide bonds. The van der Waals surface area contributed by atoms with Crippen LogP contribution in [0.4, 0.5) is 0 Å². The van der Waals surface area contributed by atoms with E-state index in [2.05, 4.69) is 57.0 Å². The van der Waals surface area contributed by atoms with Crippen LogP contribution >= 0.6 is 11.6 Å². The Kier molecular flexibility index (Phi) is 6.25. The Morgan fingerprint density at radius 3 is 2.79 bits per heavy atom. The van der Waals surface area contributed by atoms with Crippen molar-refractivity contribution >= 4 is 22.6 Å². The molecule has 148 valence electrons. The molecule has 6 heteroatoms.